The second-order valence-electron chi connectivity index (χ2n) is 7.82. The topological polar surface area (TPSA) is 61.2 Å². The summed E-state index contributed by atoms with van der Waals surface area (Å²) in [7, 11) is 1.73. The van der Waals surface area contributed by atoms with E-state index in [2.05, 4.69) is 21.8 Å². The van der Waals surface area contributed by atoms with Crippen LogP contribution in [0.5, 0.6) is 0 Å². The van der Waals surface area contributed by atoms with Gasteiger partial charge in [-0.2, -0.15) is 0 Å². The van der Waals surface area contributed by atoms with E-state index in [1.165, 1.54) is 51.4 Å². The van der Waals surface area contributed by atoms with E-state index in [9.17, 15) is 0 Å². The maximum atomic E-state index is 5.51. The number of hydrogen-bond acceptors (Lipinski definition) is 5. The molecule has 2 saturated carbocycles. The van der Waals surface area contributed by atoms with Crippen LogP contribution in [0.15, 0.2) is 6.20 Å². The summed E-state index contributed by atoms with van der Waals surface area (Å²) in [5, 5.41) is 12.5. The van der Waals surface area contributed by atoms with Crippen molar-refractivity contribution in [1.29, 1.82) is 0 Å². The van der Waals surface area contributed by atoms with Gasteiger partial charge in [-0.25, -0.2) is 4.68 Å². The van der Waals surface area contributed by atoms with Gasteiger partial charge in [-0.05, 0) is 31.1 Å². The predicted molar refractivity (Wildman–Crippen MR) is 90.7 cm³/mol. The van der Waals surface area contributed by atoms with E-state index in [4.69, 9.17) is 9.47 Å². The Hall–Kier alpha value is -0.980. The first-order valence-corrected chi connectivity index (χ1v) is 9.55. The van der Waals surface area contributed by atoms with Crippen LogP contribution < -0.4 is 5.32 Å². The number of hydrogen-bond donors (Lipinski definition) is 1. The third kappa shape index (κ3) is 3.11. The quantitative estimate of drug-likeness (QED) is 0.896. The highest BCUT2D eigenvalue weighted by molar-refractivity contribution is 5.01. The highest BCUT2D eigenvalue weighted by atomic mass is 16.5. The molecule has 0 bridgehead atoms. The molecule has 2 aliphatic carbocycles. The summed E-state index contributed by atoms with van der Waals surface area (Å²) in [6.45, 7) is 2.11. The fourth-order valence-corrected chi connectivity index (χ4v) is 5.09. The molecule has 1 aromatic heterocycles. The largest absolute Gasteiger partial charge is 0.377 e. The Morgan fingerprint density at radius 3 is 2.92 bits per heavy atom. The van der Waals surface area contributed by atoms with Crippen molar-refractivity contribution in [2.45, 2.75) is 76.1 Å². The molecule has 3 aliphatic rings. The van der Waals surface area contributed by atoms with Gasteiger partial charge in [0.05, 0.1) is 25.1 Å². The molecular formula is C18H30N4O2. The second kappa shape index (κ2) is 7.10. The molecule has 24 heavy (non-hydrogen) atoms. The lowest BCUT2D eigenvalue weighted by Gasteiger charge is -2.39. The van der Waals surface area contributed by atoms with E-state index in [1.807, 2.05) is 4.68 Å². The molecule has 1 aromatic rings. The molecule has 6 heteroatoms. The van der Waals surface area contributed by atoms with Crippen molar-refractivity contribution in [2.75, 3.05) is 20.3 Å². The highest BCUT2D eigenvalue weighted by Crippen LogP contribution is 2.49. The van der Waals surface area contributed by atoms with E-state index in [-0.39, 0.29) is 12.1 Å². The predicted octanol–water partition coefficient (Wildman–Crippen LogP) is 2.46. The first-order valence-electron chi connectivity index (χ1n) is 9.55. The van der Waals surface area contributed by atoms with Gasteiger partial charge in [-0.15, -0.1) is 5.10 Å². The summed E-state index contributed by atoms with van der Waals surface area (Å²) in [6, 6.07) is 0.803. The Morgan fingerprint density at radius 2 is 2.08 bits per heavy atom. The number of methoxy groups -OCH3 is 1. The normalized spacial score (nSPS) is 32.6. The first-order chi connectivity index (χ1) is 11.8. The number of rotatable bonds is 5. The summed E-state index contributed by atoms with van der Waals surface area (Å²) in [5.74, 6) is 0. The molecule has 1 saturated heterocycles. The number of nitrogens with one attached hydrogen (secondary N) is 1. The van der Waals surface area contributed by atoms with Crippen LogP contribution in [0.4, 0.5) is 0 Å². The fourth-order valence-electron chi connectivity index (χ4n) is 5.09. The van der Waals surface area contributed by atoms with E-state index < -0.39 is 0 Å². The molecule has 0 radical (unpaired) electrons. The SMILES string of the molecule is CO[C@@H]1COC[C@H]1n1cc(CNC2CCCC23CCCCC3)nn1. The van der Waals surface area contributed by atoms with Crippen molar-refractivity contribution in [1.82, 2.24) is 20.3 Å². The zero-order valence-electron chi connectivity index (χ0n) is 14.7. The minimum absolute atomic E-state index is 0.0767. The van der Waals surface area contributed by atoms with Gasteiger partial charge in [-0.3, -0.25) is 0 Å². The summed E-state index contributed by atoms with van der Waals surface area (Å²) < 4.78 is 12.9. The van der Waals surface area contributed by atoms with Gasteiger partial charge in [0.25, 0.3) is 0 Å². The standard InChI is InChI=1S/C18H30N4O2/c1-23-16-13-24-12-15(16)22-11-14(20-21-22)10-19-17-6-5-9-18(17)7-3-2-4-8-18/h11,15-17,19H,2-10,12-13H2,1H3/t15-,16-,17?/m1/s1. The zero-order valence-corrected chi connectivity index (χ0v) is 14.7. The van der Waals surface area contributed by atoms with Gasteiger partial charge in [0, 0.05) is 19.7 Å². The van der Waals surface area contributed by atoms with Gasteiger partial charge in [0.2, 0.25) is 0 Å². The van der Waals surface area contributed by atoms with E-state index in [0.717, 1.165) is 12.2 Å². The lowest BCUT2D eigenvalue weighted by Crippen LogP contribution is -2.42. The van der Waals surface area contributed by atoms with Gasteiger partial charge in [0.15, 0.2) is 0 Å². The molecule has 1 aliphatic heterocycles. The van der Waals surface area contributed by atoms with E-state index >= 15 is 0 Å². The minimum atomic E-state index is 0.0767. The molecule has 4 rings (SSSR count). The fraction of sp³-hybridized carbons (Fsp3) is 0.889. The number of nitrogens with zero attached hydrogens (tertiary/aromatic N) is 3. The molecule has 2 heterocycles. The van der Waals surface area contributed by atoms with Crippen molar-refractivity contribution >= 4 is 0 Å². The highest BCUT2D eigenvalue weighted by Gasteiger charge is 2.42. The molecule has 3 fully saturated rings. The molecule has 3 atom stereocenters. The monoisotopic (exact) mass is 334 g/mol. The Balaban J connectivity index is 1.36. The smallest absolute Gasteiger partial charge is 0.105 e. The molecule has 1 unspecified atom stereocenters. The lowest BCUT2D eigenvalue weighted by molar-refractivity contribution is 0.0661. The van der Waals surface area contributed by atoms with Crippen LogP contribution in [0.1, 0.15) is 63.1 Å². The van der Waals surface area contributed by atoms with Crippen LogP contribution in [0.3, 0.4) is 0 Å². The van der Waals surface area contributed by atoms with Crippen molar-refractivity contribution in [2.24, 2.45) is 5.41 Å². The lowest BCUT2D eigenvalue weighted by atomic mass is 9.70. The van der Waals surface area contributed by atoms with Crippen LogP contribution in [0.2, 0.25) is 0 Å². The summed E-state index contributed by atoms with van der Waals surface area (Å²) in [5.41, 5.74) is 1.59. The summed E-state index contributed by atoms with van der Waals surface area (Å²) in [6.07, 6.45) is 13.3. The molecule has 0 amide bonds. The van der Waals surface area contributed by atoms with Crippen molar-refractivity contribution < 1.29 is 9.47 Å². The molecule has 1 N–H and O–H groups in total. The number of aromatic nitrogens is 3. The first kappa shape index (κ1) is 16.5. The van der Waals surface area contributed by atoms with E-state index in [1.54, 1.807) is 7.11 Å². The van der Waals surface area contributed by atoms with Gasteiger partial charge >= 0.3 is 0 Å². The van der Waals surface area contributed by atoms with Gasteiger partial charge in [-0.1, -0.05) is 30.9 Å². The van der Waals surface area contributed by atoms with Crippen LogP contribution in [-0.4, -0.2) is 47.5 Å². The molecule has 6 nitrogen and oxygen atoms in total. The third-order valence-electron chi connectivity index (χ3n) is 6.49. The average Bonchev–Trinajstić information content (AvgIpc) is 3.33. The van der Waals surface area contributed by atoms with Crippen LogP contribution in [0.25, 0.3) is 0 Å². The third-order valence-corrected chi connectivity index (χ3v) is 6.49. The maximum absolute atomic E-state index is 5.51. The van der Waals surface area contributed by atoms with Crippen LogP contribution in [-0.2, 0) is 16.0 Å². The molecule has 1 spiro atoms. The molecule has 134 valence electrons. The van der Waals surface area contributed by atoms with Crippen molar-refractivity contribution in [3.05, 3.63) is 11.9 Å². The minimum Gasteiger partial charge on any atom is -0.377 e. The maximum Gasteiger partial charge on any atom is 0.105 e. The second-order valence-corrected chi connectivity index (χ2v) is 7.82. The Kier molecular flexibility index (Phi) is 4.88. The Morgan fingerprint density at radius 1 is 1.25 bits per heavy atom. The molecule has 0 aromatic carbocycles. The number of ether oxygens (including phenoxy) is 2. The Bertz CT molecular complexity index is 541. The summed E-state index contributed by atoms with van der Waals surface area (Å²) >= 11 is 0. The zero-order chi connectivity index (χ0) is 16.4. The van der Waals surface area contributed by atoms with Crippen molar-refractivity contribution in [3.63, 3.8) is 0 Å². The van der Waals surface area contributed by atoms with Crippen LogP contribution in [0, 0.1) is 5.41 Å². The summed E-state index contributed by atoms with van der Waals surface area (Å²) in [4.78, 5) is 0. The van der Waals surface area contributed by atoms with Gasteiger partial charge < -0.3 is 14.8 Å². The van der Waals surface area contributed by atoms with Gasteiger partial charge in [0.1, 0.15) is 12.1 Å². The van der Waals surface area contributed by atoms with Crippen molar-refractivity contribution in [3.8, 4) is 0 Å². The van der Waals surface area contributed by atoms with Crippen LogP contribution >= 0.6 is 0 Å². The molecular weight excluding hydrogens is 304 g/mol. The van der Waals surface area contributed by atoms with E-state index in [0.29, 0.717) is 24.7 Å². The average molecular weight is 334 g/mol. The Labute approximate surface area is 144 Å².